The Labute approximate surface area is 107 Å². The van der Waals surface area contributed by atoms with Crippen molar-refractivity contribution in [3.8, 4) is 0 Å². The summed E-state index contributed by atoms with van der Waals surface area (Å²) in [6.07, 6.45) is 1.75. The second-order valence-corrected chi connectivity index (χ2v) is 5.10. The van der Waals surface area contributed by atoms with Crippen LogP contribution in [0.5, 0.6) is 0 Å². The lowest BCUT2D eigenvalue weighted by Gasteiger charge is -2.36. The summed E-state index contributed by atoms with van der Waals surface area (Å²) in [5.74, 6) is 0. The zero-order valence-corrected chi connectivity index (χ0v) is 11.0. The van der Waals surface area contributed by atoms with Gasteiger partial charge in [0.1, 0.15) is 0 Å². The fourth-order valence-corrected chi connectivity index (χ4v) is 1.91. The highest BCUT2D eigenvalue weighted by atomic mass is 16.3. The molecule has 0 bridgehead atoms. The summed E-state index contributed by atoms with van der Waals surface area (Å²) < 4.78 is 0. The molecule has 0 fully saturated rings. The molecule has 0 aliphatic carbocycles. The number of hydrogen-bond donors (Lipinski definition) is 2. The molecule has 1 heterocycles. The zero-order valence-electron chi connectivity index (χ0n) is 11.0. The van der Waals surface area contributed by atoms with Gasteiger partial charge in [0.25, 0.3) is 0 Å². The van der Waals surface area contributed by atoms with Gasteiger partial charge in [-0.15, -0.1) is 0 Å². The lowest BCUT2D eigenvalue weighted by Crippen LogP contribution is -2.44. The molecule has 0 spiro atoms. The third kappa shape index (κ3) is 1.99. The number of para-hydroxylation sites is 1. The molecule has 0 aliphatic heterocycles. The van der Waals surface area contributed by atoms with Gasteiger partial charge in [0.05, 0.1) is 23.3 Å². The third-order valence-corrected chi connectivity index (χ3v) is 3.44. The number of nitrogens with two attached hydrogens (primary N) is 1. The highest BCUT2D eigenvalue weighted by molar-refractivity contribution is 5.98. The summed E-state index contributed by atoms with van der Waals surface area (Å²) in [4.78, 5) is 6.37. The van der Waals surface area contributed by atoms with E-state index < -0.39 is 0 Å². The summed E-state index contributed by atoms with van der Waals surface area (Å²) >= 11 is 0. The number of anilines is 2. The quantitative estimate of drug-likeness (QED) is 0.812. The van der Waals surface area contributed by atoms with E-state index in [1.54, 1.807) is 6.20 Å². The second kappa shape index (κ2) is 4.46. The largest absolute Gasteiger partial charge is 0.397 e. The SMILES string of the molecule is CN(c1ccnc2c(N)cccc12)C(C)(C)CO. The number of aliphatic hydroxyl groups is 1. The zero-order chi connectivity index (χ0) is 13.3. The molecule has 4 nitrogen and oxygen atoms in total. The Morgan fingerprint density at radius 2 is 2.06 bits per heavy atom. The van der Waals surface area contributed by atoms with Crippen LogP contribution < -0.4 is 10.6 Å². The molecule has 3 N–H and O–H groups in total. The van der Waals surface area contributed by atoms with Crippen molar-refractivity contribution in [3.05, 3.63) is 30.5 Å². The van der Waals surface area contributed by atoms with Gasteiger partial charge >= 0.3 is 0 Å². The average Bonchev–Trinajstić information content (AvgIpc) is 2.38. The fraction of sp³-hybridized carbons (Fsp3) is 0.357. The van der Waals surface area contributed by atoms with Crippen LogP contribution in [0.15, 0.2) is 30.5 Å². The maximum Gasteiger partial charge on any atom is 0.0951 e. The van der Waals surface area contributed by atoms with Gasteiger partial charge in [-0.3, -0.25) is 4.98 Å². The van der Waals surface area contributed by atoms with E-state index in [1.165, 1.54) is 0 Å². The van der Waals surface area contributed by atoms with E-state index in [0.29, 0.717) is 5.69 Å². The first kappa shape index (κ1) is 12.6. The van der Waals surface area contributed by atoms with E-state index in [0.717, 1.165) is 16.6 Å². The molecule has 2 rings (SSSR count). The molecule has 0 aliphatic rings. The first-order valence-electron chi connectivity index (χ1n) is 5.95. The van der Waals surface area contributed by atoms with Crippen LogP contribution >= 0.6 is 0 Å². The number of nitrogens with zero attached hydrogens (tertiary/aromatic N) is 2. The summed E-state index contributed by atoms with van der Waals surface area (Å²) in [5.41, 5.74) is 8.09. The monoisotopic (exact) mass is 245 g/mol. The van der Waals surface area contributed by atoms with Crippen molar-refractivity contribution in [1.29, 1.82) is 0 Å². The van der Waals surface area contributed by atoms with Crippen LogP contribution in [0.3, 0.4) is 0 Å². The molecule has 96 valence electrons. The van der Waals surface area contributed by atoms with Crippen molar-refractivity contribution < 1.29 is 5.11 Å². The minimum atomic E-state index is -0.334. The van der Waals surface area contributed by atoms with Gasteiger partial charge in [-0.1, -0.05) is 12.1 Å². The number of benzene rings is 1. The number of aliphatic hydroxyl groups excluding tert-OH is 1. The highest BCUT2D eigenvalue weighted by Crippen LogP contribution is 2.31. The number of fused-ring (bicyclic) bond motifs is 1. The van der Waals surface area contributed by atoms with Gasteiger partial charge in [0.2, 0.25) is 0 Å². The minimum absolute atomic E-state index is 0.0790. The van der Waals surface area contributed by atoms with Gasteiger partial charge < -0.3 is 15.7 Å². The first-order valence-corrected chi connectivity index (χ1v) is 5.95. The number of aromatic nitrogens is 1. The normalized spacial score (nSPS) is 11.8. The van der Waals surface area contributed by atoms with Crippen molar-refractivity contribution in [1.82, 2.24) is 4.98 Å². The first-order chi connectivity index (χ1) is 8.47. The van der Waals surface area contributed by atoms with E-state index in [-0.39, 0.29) is 12.1 Å². The van der Waals surface area contributed by atoms with Crippen molar-refractivity contribution in [3.63, 3.8) is 0 Å². The molecule has 0 saturated carbocycles. The van der Waals surface area contributed by atoms with Crippen LogP contribution in [0.4, 0.5) is 11.4 Å². The molecule has 1 aromatic carbocycles. The number of rotatable bonds is 3. The topological polar surface area (TPSA) is 62.4 Å². The standard InChI is InChI=1S/C14H19N3O/c1-14(2,9-18)17(3)12-7-8-16-13-10(12)5-4-6-11(13)15/h4-8,18H,9,15H2,1-3H3. The summed E-state index contributed by atoms with van der Waals surface area (Å²) in [5, 5.41) is 10.5. The van der Waals surface area contributed by atoms with Crippen LogP contribution in [0.1, 0.15) is 13.8 Å². The van der Waals surface area contributed by atoms with Crippen molar-refractivity contribution in [2.24, 2.45) is 0 Å². The predicted octanol–water partition coefficient (Wildman–Crippen LogP) is 2.02. The van der Waals surface area contributed by atoms with Gasteiger partial charge in [0.15, 0.2) is 0 Å². The molecule has 0 unspecified atom stereocenters. The van der Waals surface area contributed by atoms with Crippen LogP contribution in [0.2, 0.25) is 0 Å². The summed E-state index contributed by atoms with van der Waals surface area (Å²) in [6, 6.07) is 7.70. The molecule has 18 heavy (non-hydrogen) atoms. The van der Waals surface area contributed by atoms with Gasteiger partial charge in [0, 0.05) is 24.3 Å². The van der Waals surface area contributed by atoms with Gasteiger partial charge in [-0.05, 0) is 26.0 Å². The Bertz CT molecular complexity index is 566. The van der Waals surface area contributed by atoms with Crippen molar-refractivity contribution >= 4 is 22.3 Å². The Balaban J connectivity index is 2.62. The number of nitrogen functional groups attached to an aromatic ring is 1. The van der Waals surface area contributed by atoms with Crippen LogP contribution in [0.25, 0.3) is 10.9 Å². The van der Waals surface area contributed by atoms with E-state index in [9.17, 15) is 5.11 Å². The van der Waals surface area contributed by atoms with E-state index in [4.69, 9.17) is 5.73 Å². The Hall–Kier alpha value is -1.81. The highest BCUT2D eigenvalue weighted by Gasteiger charge is 2.24. The number of hydrogen-bond acceptors (Lipinski definition) is 4. The lowest BCUT2D eigenvalue weighted by molar-refractivity contribution is 0.216. The van der Waals surface area contributed by atoms with E-state index in [1.807, 2.05) is 45.2 Å². The second-order valence-electron chi connectivity index (χ2n) is 5.10. The van der Waals surface area contributed by atoms with Crippen LogP contribution in [0, 0.1) is 0 Å². The van der Waals surface area contributed by atoms with Gasteiger partial charge in [-0.2, -0.15) is 0 Å². The molecule has 2 aromatic rings. The average molecular weight is 245 g/mol. The smallest absolute Gasteiger partial charge is 0.0951 e. The molecule has 1 aromatic heterocycles. The minimum Gasteiger partial charge on any atom is -0.397 e. The van der Waals surface area contributed by atoms with Crippen LogP contribution in [-0.2, 0) is 0 Å². The molecule has 0 atom stereocenters. The molecule has 0 amide bonds. The summed E-state index contributed by atoms with van der Waals surface area (Å²) in [6.45, 7) is 4.06. The summed E-state index contributed by atoms with van der Waals surface area (Å²) in [7, 11) is 1.97. The fourth-order valence-electron chi connectivity index (χ4n) is 1.91. The predicted molar refractivity (Wildman–Crippen MR) is 75.7 cm³/mol. The third-order valence-electron chi connectivity index (χ3n) is 3.44. The van der Waals surface area contributed by atoms with Gasteiger partial charge in [-0.25, -0.2) is 0 Å². The molecule has 0 radical (unpaired) electrons. The molecular formula is C14H19N3O. The van der Waals surface area contributed by atoms with E-state index >= 15 is 0 Å². The Morgan fingerprint density at radius 3 is 2.72 bits per heavy atom. The molecule has 4 heteroatoms. The van der Waals surface area contributed by atoms with Crippen molar-refractivity contribution in [2.45, 2.75) is 19.4 Å². The van der Waals surface area contributed by atoms with Crippen LogP contribution in [-0.4, -0.2) is 29.3 Å². The number of likely N-dealkylation sites (N-methyl/N-ethyl adjacent to an activating group) is 1. The maximum atomic E-state index is 9.47. The maximum absolute atomic E-state index is 9.47. The number of pyridine rings is 1. The Morgan fingerprint density at radius 1 is 1.33 bits per heavy atom. The molecular weight excluding hydrogens is 226 g/mol. The lowest BCUT2D eigenvalue weighted by atomic mass is 10.0. The van der Waals surface area contributed by atoms with E-state index in [2.05, 4.69) is 9.88 Å². The Kier molecular flexibility index (Phi) is 3.13. The van der Waals surface area contributed by atoms with Crippen molar-refractivity contribution in [2.75, 3.05) is 24.3 Å². The molecule has 0 saturated heterocycles.